The Morgan fingerprint density at radius 1 is 0.169 bits per heavy atom. The van der Waals surface area contributed by atoms with Crippen molar-refractivity contribution >= 4 is 156 Å². The monoisotopic (exact) mass is 1650 g/mol. The smallest absolute Gasteiger partial charge is 0.179 e. The summed E-state index contributed by atoms with van der Waals surface area (Å²) in [6.45, 7) is 0. The highest BCUT2D eigenvalue weighted by atomic mass is 32.1. The molecule has 0 aliphatic rings. The van der Waals surface area contributed by atoms with Crippen LogP contribution in [-0.4, -0.2) is 47.9 Å². The number of hydrogen-bond donors (Lipinski definition) is 0. The first-order valence-electron chi connectivity index (χ1n) is 41.4. The number of benzene rings is 16. The van der Waals surface area contributed by atoms with Gasteiger partial charge in [-0.05, 0) is 96.6 Å². The fraction of sp³-hybridized carbons (Fsp3) is 0. The molecule has 0 fully saturated rings. The maximum Gasteiger partial charge on any atom is 0.179 e. The molecule has 24 rings (SSSR count). The topological polar surface area (TPSA) is 103 Å². The summed E-state index contributed by atoms with van der Waals surface area (Å²) in [5, 5.41) is 16.9. The van der Waals surface area contributed by atoms with Crippen molar-refractivity contribution in [2.24, 2.45) is 0 Å². The molecule has 24 aromatic rings. The fourth-order valence-corrected chi connectivity index (χ4v) is 25.4. The Bertz CT molecular complexity index is 7530. The first kappa shape index (κ1) is 75.0. The van der Waals surface area contributed by atoms with Crippen molar-refractivity contribution in [3.8, 4) is 101 Å². The van der Waals surface area contributed by atoms with Gasteiger partial charge in [0, 0.05) is 115 Å². The number of aromatic nitrogens is 8. The van der Waals surface area contributed by atoms with Crippen molar-refractivity contribution in [2.45, 2.75) is 0 Å². The minimum absolute atomic E-state index is 0.649. The van der Waals surface area contributed by atoms with E-state index in [1.807, 2.05) is 127 Å². The highest BCUT2D eigenvalue weighted by Gasteiger charge is 2.41. The Hall–Kier alpha value is -15.3. The molecule has 0 amide bonds. The second-order valence-corrected chi connectivity index (χ2v) is 37.9. The first-order valence-corrected chi connectivity index (χ1v) is 45.8. The third-order valence-corrected chi connectivity index (χ3v) is 31.5. The van der Waals surface area contributed by atoms with Crippen LogP contribution in [0.1, 0.15) is 0 Å². The summed E-state index contributed by atoms with van der Waals surface area (Å²) in [5.74, 6) is 2.68. The van der Waals surface area contributed by atoms with Gasteiger partial charge >= 0.3 is 0 Å². The first-order chi connectivity index (χ1) is 61.4. The molecule has 0 saturated carbocycles. The molecule has 0 spiro atoms. The molecule has 0 radical (unpaired) electrons. The molecule has 16 aromatic carbocycles. The lowest BCUT2D eigenvalue weighted by molar-refractivity contribution is 1.07. The Morgan fingerprint density at radius 3 is 0.734 bits per heavy atom. The molecule has 0 bridgehead atoms. The number of hydrogen-bond acceptors (Lipinski definition) is 11. The lowest BCUT2D eigenvalue weighted by Crippen LogP contribution is -2.74. The van der Waals surface area contributed by atoms with Gasteiger partial charge in [0.15, 0.2) is 31.4 Å². The lowest BCUT2D eigenvalue weighted by atomic mass is 10.00. The van der Waals surface area contributed by atoms with Crippen LogP contribution in [-0.2, 0) is 0 Å². The van der Waals surface area contributed by atoms with Crippen LogP contribution in [0.15, 0.2) is 437 Å². The van der Waals surface area contributed by atoms with Crippen molar-refractivity contribution < 1.29 is 0 Å². The molecular weight excluding hydrogens is 1580 g/mol. The highest BCUT2D eigenvalue weighted by molar-refractivity contribution is 7.27. The van der Waals surface area contributed by atoms with E-state index in [0.717, 1.165) is 83.6 Å². The fourth-order valence-electron chi connectivity index (χ4n) is 17.4. The van der Waals surface area contributed by atoms with Crippen molar-refractivity contribution in [1.82, 2.24) is 39.9 Å². The predicted octanol–water partition coefficient (Wildman–Crippen LogP) is 27.2. The molecule has 0 aliphatic carbocycles. The summed E-state index contributed by atoms with van der Waals surface area (Å²) in [7, 11) is -2.53. The van der Waals surface area contributed by atoms with Gasteiger partial charge in [0.2, 0.25) is 0 Å². The van der Waals surface area contributed by atoms with Gasteiger partial charge in [-0.2, -0.15) is 0 Å². The van der Waals surface area contributed by atoms with E-state index in [4.69, 9.17) is 39.9 Å². The molecule has 8 heterocycles. The van der Waals surface area contributed by atoms with E-state index >= 15 is 0 Å². The van der Waals surface area contributed by atoms with Gasteiger partial charge in [-0.3, -0.25) is 15.0 Å². The summed E-state index contributed by atoms with van der Waals surface area (Å²) in [6.07, 6.45) is 6.05. The second-order valence-electron chi connectivity index (χ2n) is 30.8. The van der Waals surface area contributed by atoms with E-state index in [9.17, 15) is 0 Å². The van der Waals surface area contributed by atoms with Crippen molar-refractivity contribution in [1.29, 1.82) is 0 Å². The van der Waals surface area contributed by atoms with Crippen LogP contribution in [0.4, 0.5) is 0 Å². The number of pyridine rings is 3. The van der Waals surface area contributed by atoms with Crippen LogP contribution in [0.2, 0.25) is 0 Å². The molecule has 0 unspecified atom stereocenters. The Kier molecular flexibility index (Phi) is 19.8. The van der Waals surface area contributed by atoms with Crippen LogP contribution in [0, 0.1) is 0 Å². The Morgan fingerprint density at radius 2 is 0.411 bits per heavy atom. The van der Waals surface area contributed by atoms with E-state index in [1.165, 1.54) is 109 Å². The van der Waals surface area contributed by atoms with Crippen molar-refractivity contribution in [3.63, 3.8) is 0 Å². The van der Waals surface area contributed by atoms with Gasteiger partial charge < -0.3 is 0 Å². The molecule has 0 atom stereocenters. The van der Waals surface area contributed by atoms with Gasteiger partial charge in [-0.15, -0.1) is 34.0 Å². The molecule has 124 heavy (non-hydrogen) atoms. The molecular formula is C112H72N8S3Si. The van der Waals surface area contributed by atoms with Gasteiger partial charge in [-0.1, -0.05) is 376 Å². The average Bonchev–Trinajstić information content (AvgIpc) is 1.07. The third-order valence-electron chi connectivity index (χ3n) is 23.4. The molecule has 0 N–H and O–H groups in total. The zero-order valence-corrected chi connectivity index (χ0v) is 70.3. The largest absolute Gasteiger partial charge is 0.255 e. The van der Waals surface area contributed by atoms with Crippen LogP contribution in [0.3, 0.4) is 0 Å². The van der Waals surface area contributed by atoms with E-state index in [0.29, 0.717) is 23.3 Å². The number of thiophene rings is 3. The zero-order chi connectivity index (χ0) is 82.3. The second kappa shape index (κ2) is 32.7. The lowest BCUT2D eigenvalue weighted by Gasteiger charge is -2.34. The summed E-state index contributed by atoms with van der Waals surface area (Å²) in [5.41, 5.74) is 17.8. The Balaban J connectivity index is 0.000000111. The van der Waals surface area contributed by atoms with Gasteiger partial charge in [-0.25, -0.2) is 24.9 Å². The highest BCUT2D eigenvalue weighted by Crippen LogP contribution is 2.43. The van der Waals surface area contributed by atoms with Crippen LogP contribution >= 0.6 is 34.0 Å². The molecule has 0 aliphatic heterocycles. The molecule has 8 aromatic heterocycles. The molecule has 12 heteroatoms. The zero-order valence-electron chi connectivity index (χ0n) is 66.9. The maximum atomic E-state index is 4.97. The molecule has 582 valence electrons. The van der Waals surface area contributed by atoms with Crippen LogP contribution in [0.25, 0.3) is 195 Å². The van der Waals surface area contributed by atoms with Gasteiger partial charge in [0.05, 0.1) is 42.0 Å². The summed E-state index contributed by atoms with van der Waals surface area (Å²) >= 11 is 5.41. The average molecular weight is 1650 g/mol. The van der Waals surface area contributed by atoms with Crippen LogP contribution in [0.5, 0.6) is 0 Å². The van der Waals surface area contributed by atoms with E-state index in [1.54, 1.807) is 22.7 Å². The van der Waals surface area contributed by atoms with Crippen molar-refractivity contribution in [2.75, 3.05) is 0 Å². The number of nitrogens with zero attached hydrogens (tertiary/aromatic N) is 8. The predicted molar refractivity (Wildman–Crippen MR) is 525 cm³/mol. The summed E-state index contributed by atoms with van der Waals surface area (Å²) in [4.78, 5) is 39.0. The van der Waals surface area contributed by atoms with E-state index < -0.39 is 8.07 Å². The van der Waals surface area contributed by atoms with Gasteiger partial charge in [0.25, 0.3) is 0 Å². The van der Waals surface area contributed by atoms with E-state index in [-0.39, 0.29) is 0 Å². The summed E-state index contributed by atoms with van der Waals surface area (Å²) < 4.78 is 7.58. The molecule has 8 nitrogen and oxygen atoms in total. The SMILES string of the molecule is c1ccc(-c2cc(-c3ccccc3)nc(-c3ccc(-c4ccc5c(c4)ncc4sc6ccccc6c45)cc3)n2)cc1.c1ccc(-c2nc(-c3ccccc3)nc(-c3ccc(-c4ccc5c(c4)ncc4sc6ccccc6c45)cc3)n2)cc1.c1ccc([Si](c2ccccc2)(c2ccccc2)c2ccc(-c3ccc4c(c3)ncc3sc5ccccc5c34)cc2)cc1. The van der Waals surface area contributed by atoms with Gasteiger partial charge in [0.1, 0.15) is 0 Å². The Labute approximate surface area is 728 Å². The van der Waals surface area contributed by atoms with Crippen LogP contribution < -0.4 is 20.7 Å². The quantitative estimate of drug-likeness (QED) is 0.0831. The summed E-state index contributed by atoms with van der Waals surface area (Å²) in [6, 6.07) is 148. The molecule has 0 saturated heterocycles. The standard InChI is InChI=1S/C39H27NSSi.C37H23N3S.C36H22N4S/c1-4-12-30(13-5-1)42(31-14-6-2-7-15-31,32-16-8-3-9-17-32)33-23-20-28(21-24-33)29-22-25-34-36(26-29)40-27-38-39(34)35-18-10-11-19-37(35)41-38;1-3-9-25(10-4-1)31-22-32(26-11-5-2-6-12-26)40-37(39-31)27-17-15-24(16-18-27)28-19-20-29-33(21-28)38-23-35-36(29)30-13-7-8-14-34(30)41-35;1-3-9-24(10-4-1)34-38-35(25-11-5-2-6-12-25)40-36(39-34)26-17-15-23(16-18-26)27-19-20-28-30(21-27)37-22-32-33(28)29-13-7-8-14-31(29)41-32/h1-27H;1-23H;1-22H. The number of fused-ring (bicyclic) bond motifs is 15. The third kappa shape index (κ3) is 14.2. The number of rotatable bonds is 13. The minimum atomic E-state index is -2.53. The maximum absolute atomic E-state index is 4.97. The normalized spacial score (nSPS) is 11.5. The van der Waals surface area contributed by atoms with Crippen molar-refractivity contribution in [3.05, 3.63) is 437 Å². The minimum Gasteiger partial charge on any atom is -0.255 e. The van der Waals surface area contributed by atoms with E-state index in [2.05, 4.69) is 322 Å².